The Labute approximate surface area is 178 Å². The highest BCUT2D eigenvalue weighted by Crippen LogP contribution is 2.20. The predicted molar refractivity (Wildman–Crippen MR) is 113 cm³/mol. The number of carbonyl (C=O) groups excluding carboxylic acids is 3. The molecule has 0 bridgehead atoms. The van der Waals surface area contributed by atoms with Crippen LogP contribution < -0.4 is 5.32 Å². The number of nitrogens with zero attached hydrogens (tertiary/aromatic N) is 2. The molecule has 1 saturated heterocycles. The summed E-state index contributed by atoms with van der Waals surface area (Å²) in [5.41, 5.74) is 1.59. The zero-order valence-corrected chi connectivity index (χ0v) is 17.2. The Balaban J connectivity index is 1.55. The van der Waals surface area contributed by atoms with Crippen LogP contribution in [0.4, 0.5) is 4.39 Å². The fourth-order valence-electron chi connectivity index (χ4n) is 3.13. The summed E-state index contributed by atoms with van der Waals surface area (Å²) in [5.74, 6) is -1.10. The van der Waals surface area contributed by atoms with Crippen molar-refractivity contribution >= 4 is 35.4 Å². The number of nitrogens with one attached hydrogen (secondary N) is 1. The van der Waals surface area contributed by atoms with Crippen molar-refractivity contribution in [2.24, 2.45) is 0 Å². The molecular weight excluding hydrogens is 409 g/mol. The second-order valence-corrected chi connectivity index (χ2v) is 7.18. The monoisotopic (exact) mass is 429 g/mol. The van der Waals surface area contributed by atoms with Crippen molar-refractivity contribution in [2.75, 3.05) is 33.2 Å². The number of benzene rings is 2. The van der Waals surface area contributed by atoms with E-state index in [0.29, 0.717) is 31.7 Å². The van der Waals surface area contributed by atoms with E-state index in [0.717, 1.165) is 11.6 Å². The fourth-order valence-corrected chi connectivity index (χ4v) is 3.37. The largest absolute Gasteiger partial charge is 0.355 e. The average molecular weight is 430 g/mol. The average Bonchev–Trinajstić information content (AvgIpc) is 2.77. The van der Waals surface area contributed by atoms with Crippen LogP contribution in [0.15, 0.2) is 48.5 Å². The van der Waals surface area contributed by atoms with Crippen LogP contribution in [-0.4, -0.2) is 60.7 Å². The van der Waals surface area contributed by atoms with Gasteiger partial charge in [0.2, 0.25) is 5.91 Å². The number of hydrogen-bond acceptors (Lipinski definition) is 3. The Morgan fingerprint density at radius 1 is 1.00 bits per heavy atom. The third kappa shape index (κ3) is 5.04. The maximum absolute atomic E-state index is 13.2. The molecule has 0 aromatic heterocycles. The third-order valence-electron chi connectivity index (χ3n) is 4.86. The van der Waals surface area contributed by atoms with Gasteiger partial charge >= 0.3 is 0 Å². The lowest BCUT2D eigenvalue weighted by Gasteiger charge is -2.34. The lowest BCUT2D eigenvalue weighted by atomic mass is 10.1. The molecule has 0 aliphatic carbocycles. The molecule has 0 saturated carbocycles. The standard InChI is InChI=1S/C22H21ClFN3O3/c1-25-21(29)16-5-2-15(3-6-16)4-9-20(28)26-10-12-27(13-11-26)22(30)18-8-7-17(24)14-19(18)23/h2-9,14H,10-13H2,1H3,(H,25,29)/b9-4+. The summed E-state index contributed by atoms with van der Waals surface area (Å²) < 4.78 is 13.2. The molecule has 0 unspecified atom stereocenters. The van der Waals surface area contributed by atoms with Gasteiger partial charge in [-0.15, -0.1) is 0 Å². The van der Waals surface area contributed by atoms with Gasteiger partial charge in [0.05, 0.1) is 10.6 Å². The molecule has 1 N–H and O–H groups in total. The van der Waals surface area contributed by atoms with Crippen LogP contribution in [0.5, 0.6) is 0 Å². The smallest absolute Gasteiger partial charge is 0.255 e. The summed E-state index contributed by atoms with van der Waals surface area (Å²) in [7, 11) is 1.57. The van der Waals surface area contributed by atoms with E-state index >= 15 is 0 Å². The van der Waals surface area contributed by atoms with E-state index in [1.807, 2.05) is 0 Å². The number of carbonyl (C=O) groups is 3. The van der Waals surface area contributed by atoms with Gasteiger partial charge < -0.3 is 15.1 Å². The summed E-state index contributed by atoms with van der Waals surface area (Å²) in [6.07, 6.45) is 3.16. The maximum Gasteiger partial charge on any atom is 0.255 e. The number of amides is 3. The molecule has 2 aromatic rings. The second kappa shape index (κ2) is 9.54. The van der Waals surface area contributed by atoms with E-state index in [2.05, 4.69) is 5.32 Å². The molecule has 0 radical (unpaired) electrons. The highest BCUT2D eigenvalue weighted by molar-refractivity contribution is 6.33. The van der Waals surface area contributed by atoms with Crippen molar-refractivity contribution in [1.82, 2.24) is 15.1 Å². The summed E-state index contributed by atoms with van der Waals surface area (Å²) in [5, 5.41) is 2.62. The van der Waals surface area contributed by atoms with Gasteiger partial charge in [0.15, 0.2) is 0 Å². The van der Waals surface area contributed by atoms with Gasteiger partial charge in [-0.05, 0) is 42.0 Å². The quantitative estimate of drug-likeness (QED) is 0.760. The molecular formula is C22H21ClFN3O3. The van der Waals surface area contributed by atoms with E-state index in [-0.39, 0.29) is 28.3 Å². The zero-order chi connectivity index (χ0) is 21.7. The molecule has 1 aliphatic rings. The number of rotatable bonds is 4. The first-order valence-corrected chi connectivity index (χ1v) is 9.80. The second-order valence-electron chi connectivity index (χ2n) is 6.78. The zero-order valence-electron chi connectivity index (χ0n) is 16.4. The lowest BCUT2D eigenvalue weighted by Crippen LogP contribution is -2.50. The third-order valence-corrected chi connectivity index (χ3v) is 5.17. The van der Waals surface area contributed by atoms with Crippen LogP contribution in [0.25, 0.3) is 6.08 Å². The minimum absolute atomic E-state index is 0.0730. The summed E-state index contributed by atoms with van der Waals surface area (Å²) >= 11 is 5.97. The summed E-state index contributed by atoms with van der Waals surface area (Å²) in [6, 6.07) is 10.6. The van der Waals surface area contributed by atoms with Gasteiger partial charge in [-0.2, -0.15) is 0 Å². The van der Waals surface area contributed by atoms with Gasteiger partial charge in [0.1, 0.15) is 5.82 Å². The van der Waals surface area contributed by atoms with Crippen LogP contribution in [-0.2, 0) is 4.79 Å². The Hall–Kier alpha value is -3.19. The van der Waals surface area contributed by atoms with Crippen molar-refractivity contribution in [3.63, 3.8) is 0 Å². The molecule has 1 heterocycles. The SMILES string of the molecule is CNC(=O)c1ccc(/C=C/C(=O)N2CCN(C(=O)c3ccc(F)cc3Cl)CC2)cc1. The Kier molecular flexibility index (Phi) is 6.84. The van der Waals surface area contributed by atoms with Crippen LogP contribution in [0, 0.1) is 5.82 Å². The van der Waals surface area contributed by atoms with Gasteiger partial charge in [-0.25, -0.2) is 4.39 Å². The van der Waals surface area contributed by atoms with Gasteiger partial charge in [-0.3, -0.25) is 14.4 Å². The molecule has 6 nitrogen and oxygen atoms in total. The predicted octanol–water partition coefficient (Wildman–Crippen LogP) is 2.84. The first-order valence-electron chi connectivity index (χ1n) is 9.42. The highest BCUT2D eigenvalue weighted by atomic mass is 35.5. The van der Waals surface area contributed by atoms with Crippen LogP contribution in [0.1, 0.15) is 26.3 Å². The molecule has 3 amide bonds. The van der Waals surface area contributed by atoms with Crippen molar-refractivity contribution in [1.29, 1.82) is 0 Å². The van der Waals surface area contributed by atoms with E-state index in [1.54, 1.807) is 47.2 Å². The number of halogens is 2. The normalized spacial score (nSPS) is 14.1. The fraction of sp³-hybridized carbons (Fsp3) is 0.227. The van der Waals surface area contributed by atoms with E-state index in [1.165, 1.54) is 18.2 Å². The number of hydrogen-bond donors (Lipinski definition) is 1. The van der Waals surface area contributed by atoms with Gasteiger partial charge in [0, 0.05) is 44.9 Å². The molecule has 1 aliphatic heterocycles. The van der Waals surface area contributed by atoms with Gasteiger partial charge in [0.25, 0.3) is 11.8 Å². The van der Waals surface area contributed by atoms with Crippen LogP contribution in [0.2, 0.25) is 5.02 Å². The lowest BCUT2D eigenvalue weighted by molar-refractivity contribution is -0.127. The molecule has 30 heavy (non-hydrogen) atoms. The van der Waals surface area contributed by atoms with Crippen LogP contribution >= 0.6 is 11.6 Å². The first-order chi connectivity index (χ1) is 14.4. The molecule has 8 heteroatoms. The van der Waals surface area contributed by atoms with Crippen LogP contribution in [0.3, 0.4) is 0 Å². The van der Waals surface area contributed by atoms with Gasteiger partial charge in [-0.1, -0.05) is 23.7 Å². The molecule has 2 aromatic carbocycles. The maximum atomic E-state index is 13.2. The van der Waals surface area contributed by atoms with E-state index < -0.39 is 5.82 Å². The topological polar surface area (TPSA) is 69.7 Å². The molecule has 0 atom stereocenters. The van der Waals surface area contributed by atoms with Crippen molar-refractivity contribution in [3.05, 3.63) is 76.1 Å². The van der Waals surface area contributed by atoms with E-state index in [4.69, 9.17) is 11.6 Å². The molecule has 0 spiro atoms. The molecule has 156 valence electrons. The Morgan fingerprint density at radius 2 is 1.63 bits per heavy atom. The Morgan fingerprint density at radius 3 is 2.23 bits per heavy atom. The minimum atomic E-state index is -0.498. The van der Waals surface area contributed by atoms with E-state index in [9.17, 15) is 18.8 Å². The number of piperazine rings is 1. The Bertz CT molecular complexity index is 984. The highest BCUT2D eigenvalue weighted by Gasteiger charge is 2.25. The summed E-state index contributed by atoms with van der Waals surface area (Å²) in [6.45, 7) is 1.52. The molecule has 1 fully saturated rings. The minimum Gasteiger partial charge on any atom is -0.355 e. The summed E-state index contributed by atoms with van der Waals surface area (Å²) in [4.78, 5) is 39.8. The van der Waals surface area contributed by atoms with Crippen molar-refractivity contribution in [3.8, 4) is 0 Å². The van der Waals surface area contributed by atoms with Crippen molar-refractivity contribution < 1.29 is 18.8 Å². The molecule has 3 rings (SSSR count). The first kappa shape index (κ1) is 21.5. The van der Waals surface area contributed by atoms with Crippen molar-refractivity contribution in [2.45, 2.75) is 0 Å².